The van der Waals surface area contributed by atoms with E-state index in [4.69, 9.17) is 0 Å². The van der Waals surface area contributed by atoms with Gasteiger partial charge in [-0.25, -0.2) is 0 Å². The Morgan fingerprint density at radius 2 is 2.18 bits per heavy atom. The molecule has 94 valence electrons. The first-order chi connectivity index (χ1) is 7.74. The van der Waals surface area contributed by atoms with Crippen LogP contribution in [0.4, 0.5) is 19.0 Å². The van der Waals surface area contributed by atoms with Crippen molar-refractivity contribution in [3.8, 4) is 5.88 Å². The zero-order chi connectivity index (χ0) is 13.2. The Bertz CT molecular complexity index is 450. The average Bonchev–Trinajstić information content (AvgIpc) is 2.18. The first-order valence-electron chi connectivity index (χ1n) is 4.21. The summed E-state index contributed by atoms with van der Waals surface area (Å²) in [6.07, 6.45) is -4.93. The van der Waals surface area contributed by atoms with Crippen molar-refractivity contribution in [1.82, 2.24) is 4.98 Å². The van der Waals surface area contributed by atoms with E-state index >= 15 is 0 Å². The Kier molecular flexibility index (Phi) is 3.91. The van der Waals surface area contributed by atoms with E-state index in [1.165, 1.54) is 13.0 Å². The lowest BCUT2D eigenvalue weighted by Gasteiger charge is -2.08. The number of halogens is 4. The quantitative estimate of drug-likeness (QED) is 0.488. The molecule has 0 amide bonds. The van der Waals surface area contributed by atoms with E-state index in [-0.39, 0.29) is 16.5 Å². The van der Waals surface area contributed by atoms with Crippen molar-refractivity contribution in [3.63, 3.8) is 0 Å². The first-order valence-corrected chi connectivity index (χ1v) is 5.33. The van der Waals surface area contributed by atoms with Gasteiger partial charge in [0.1, 0.15) is 0 Å². The molecule has 1 rings (SSSR count). The second-order valence-corrected chi connectivity index (χ2v) is 3.59. The molecule has 0 aromatic carbocycles. The number of pyridine rings is 1. The molecule has 1 aromatic heterocycles. The molecule has 9 heteroatoms. The lowest BCUT2D eigenvalue weighted by Crippen LogP contribution is -2.19. The SMILES string of the molecule is Cc1cc(CBr)c([N+](=O)[O-])nc1OC(F)(F)F. The summed E-state index contributed by atoms with van der Waals surface area (Å²) in [5, 5.41) is 10.7. The van der Waals surface area contributed by atoms with Gasteiger partial charge in [0, 0.05) is 15.9 Å². The summed E-state index contributed by atoms with van der Waals surface area (Å²) in [5.74, 6) is -1.47. The molecule has 0 fully saturated rings. The zero-order valence-electron chi connectivity index (χ0n) is 8.42. The minimum Gasteiger partial charge on any atom is -0.366 e. The molecular formula is C8H6BrF3N2O3. The van der Waals surface area contributed by atoms with Crippen molar-refractivity contribution in [2.24, 2.45) is 0 Å². The largest absolute Gasteiger partial charge is 0.575 e. The smallest absolute Gasteiger partial charge is 0.366 e. The third-order valence-corrected chi connectivity index (χ3v) is 2.36. The van der Waals surface area contributed by atoms with Crippen molar-refractivity contribution in [2.45, 2.75) is 18.6 Å². The van der Waals surface area contributed by atoms with E-state index in [9.17, 15) is 23.3 Å². The van der Waals surface area contributed by atoms with Crippen LogP contribution in [0, 0.1) is 17.0 Å². The Hall–Kier alpha value is -1.38. The Balaban J connectivity index is 3.25. The number of alkyl halides is 4. The molecular weight excluding hydrogens is 309 g/mol. The van der Waals surface area contributed by atoms with Crippen LogP contribution in [0.2, 0.25) is 0 Å². The molecule has 1 aromatic rings. The van der Waals surface area contributed by atoms with Gasteiger partial charge in [-0.15, -0.1) is 13.2 Å². The van der Waals surface area contributed by atoms with Gasteiger partial charge in [0.25, 0.3) is 0 Å². The number of aryl methyl sites for hydroxylation is 1. The molecule has 0 aliphatic heterocycles. The van der Waals surface area contributed by atoms with Crippen molar-refractivity contribution >= 4 is 21.7 Å². The Morgan fingerprint density at radius 3 is 2.59 bits per heavy atom. The van der Waals surface area contributed by atoms with Crippen LogP contribution in [0.3, 0.4) is 0 Å². The molecule has 17 heavy (non-hydrogen) atoms. The van der Waals surface area contributed by atoms with Crippen LogP contribution in [0.25, 0.3) is 0 Å². The summed E-state index contributed by atoms with van der Waals surface area (Å²) in [7, 11) is 0. The molecule has 0 aliphatic carbocycles. The number of nitrogens with zero attached hydrogens (tertiary/aromatic N) is 2. The third-order valence-electron chi connectivity index (χ3n) is 1.75. The van der Waals surface area contributed by atoms with E-state index in [2.05, 4.69) is 25.7 Å². The topological polar surface area (TPSA) is 65.3 Å². The summed E-state index contributed by atoms with van der Waals surface area (Å²) >= 11 is 2.99. The van der Waals surface area contributed by atoms with Crippen molar-refractivity contribution < 1.29 is 22.8 Å². The Morgan fingerprint density at radius 1 is 1.59 bits per heavy atom. The van der Waals surface area contributed by atoms with Gasteiger partial charge < -0.3 is 14.9 Å². The van der Waals surface area contributed by atoms with E-state index in [1.54, 1.807) is 0 Å². The number of hydrogen-bond donors (Lipinski definition) is 0. The summed E-state index contributed by atoms with van der Waals surface area (Å²) in [5.41, 5.74) is 0.254. The molecule has 0 bridgehead atoms. The van der Waals surface area contributed by atoms with Gasteiger partial charge in [-0.05, 0) is 17.9 Å². The van der Waals surface area contributed by atoms with Crippen LogP contribution in [0.15, 0.2) is 6.07 Å². The first kappa shape index (κ1) is 13.7. The van der Waals surface area contributed by atoms with E-state index < -0.39 is 23.0 Å². The van der Waals surface area contributed by atoms with Crippen LogP contribution in [0.1, 0.15) is 11.1 Å². The number of nitro groups is 1. The maximum Gasteiger partial charge on any atom is 0.575 e. The van der Waals surface area contributed by atoms with Gasteiger partial charge in [-0.3, -0.25) is 0 Å². The highest BCUT2D eigenvalue weighted by Crippen LogP contribution is 2.29. The molecule has 0 spiro atoms. The lowest BCUT2D eigenvalue weighted by atomic mass is 10.2. The molecule has 5 nitrogen and oxygen atoms in total. The van der Waals surface area contributed by atoms with Crippen LogP contribution in [-0.4, -0.2) is 16.3 Å². The zero-order valence-corrected chi connectivity index (χ0v) is 10.0. The molecule has 0 saturated heterocycles. The highest BCUT2D eigenvalue weighted by Gasteiger charge is 2.35. The third kappa shape index (κ3) is 3.55. The Labute approximate surface area is 102 Å². The van der Waals surface area contributed by atoms with Crippen molar-refractivity contribution in [3.05, 3.63) is 27.3 Å². The van der Waals surface area contributed by atoms with Crippen molar-refractivity contribution in [1.29, 1.82) is 0 Å². The van der Waals surface area contributed by atoms with Crippen LogP contribution in [-0.2, 0) is 5.33 Å². The molecule has 0 aliphatic rings. The van der Waals surface area contributed by atoms with Gasteiger partial charge in [-0.2, -0.15) is 0 Å². The molecule has 0 radical (unpaired) electrons. The summed E-state index contributed by atoms with van der Waals surface area (Å²) in [4.78, 5) is 13.0. The van der Waals surface area contributed by atoms with Gasteiger partial charge in [0.15, 0.2) is 0 Å². The predicted octanol–water partition coefficient (Wildman–Crippen LogP) is 3.09. The monoisotopic (exact) mass is 314 g/mol. The van der Waals surface area contributed by atoms with Crippen LogP contribution >= 0.6 is 15.9 Å². The fourth-order valence-electron chi connectivity index (χ4n) is 1.11. The lowest BCUT2D eigenvalue weighted by molar-refractivity contribution is -0.390. The van der Waals surface area contributed by atoms with Crippen LogP contribution < -0.4 is 4.74 Å². The molecule has 1 heterocycles. The highest BCUT2D eigenvalue weighted by atomic mass is 79.9. The highest BCUT2D eigenvalue weighted by molar-refractivity contribution is 9.08. The van der Waals surface area contributed by atoms with E-state index in [1.807, 2.05) is 0 Å². The number of hydrogen-bond acceptors (Lipinski definition) is 4. The fourth-order valence-corrected chi connectivity index (χ4v) is 1.53. The summed E-state index contributed by atoms with van der Waals surface area (Å²) < 4.78 is 39.6. The maximum atomic E-state index is 12.0. The van der Waals surface area contributed by atoms with Gasteiger partial charge in [0.2, 0.25) is 0 Å². The number of aromatic nitrogens is 1. The second kappa shape index (κ2) is 4.86. The van der Waals surface area contributed by atoms with E-state index in [0.717, 1.165) is 0 Å². The number of ether oxygens (including phenoxy) is 1. The van der Waals surface area contributed by atoms with Crippen molar-refractivity contribution in [2.75, 3.05) is 0 Å². The summed E-state index contributed by atoms with van der Waals surface area (Å²) in [6.45, 7) is 1.32. The standard InChI is InChI=1S/C8H6BrF3N2O3/c1-4-2-5(3-9)6(14(15)16)13-7(4)17-8(10,11)12/h2H,3H2,1H3. The van der Waals surface area contributed by atoms with Gasteiger partial charge in [0.05, 0.1) is 5.56 Å². The molecule has 0 atom stereocenters. The minimum atomic E-state index is -4.93. The predicted molar refractivity (Wildman–Crippen MR) is 54.9 cm³/mol. The maximum absolute atomic E-state index is 12.0. The normalized spacial score (nSPS) is 11.4. The fraction of sp³-hybridized carbons (Fsp3) is 0.375. The average molecular weight is 315 g/mol. The minimum absolute atomic E-state index is 0.0716. The van der Waals surface area contributed by atoms with Gasteiger partial charge >= 0.3 is 18.1 Å². The van der Waals surface area contributed by atoms with E-state index in [0.29, 0.717) is 0 Å². The van der Waals surface area contributed by atoms with Crippen LogP contribution in [0.5, 0.6) is 5.88 Å². The molecule has 0 N–H and O–H groups in total. The summed E-state index contributed by atoms with van der Waals surface area (Å²) in [6, 6.07) is 1.22. The number of rotatable bonds is 3. The molecule has 0 saturated carbocycles. The second-order valence-electron chi connectivity index (χ2n) is 3.03. The molecule has 0 unspecified atom stereocenters. The van der Waals surface area contributed by atoms with Gasteiger partial charge in [-0.1, -0.05) is 15.9 Å².